The van der Waals surface area contributed by atoms with E-state index in [-0.39, 0.29) is 5.91 Å². The number of benzene rings is 1. The van der Waals surface area contributed by atoms with Crippen LogP contribution in [0.1, 0.15) is 41.4 Å². The summed E-state index contributed by atoms with van der Waals surface area (Å²) in [6.45, 7) is 2.60. The maximum absolute atomic E-state index is 12.0. The minimum atomic E-state index is 0.0155. The van der Waals surface area contributed by atoms with Crippen LogP contribution in [0.4, 0.5) is 0 Å². The number of aromatic nitrogens is 1. The Morgan fingerprint density at radius 1 is 1.33 bits per heavy atom. The molecule has 1 aromatic heterocycles. The van der Waals surface area contributed by atoms with E-state index in [0.717, 1.165) is 23.9 Å². The second kappa shape index (κ2) is 4.48. The van der Waals surface area contributed by atoms with E-state index in [1.807, 2.05) is 19.1 Å². The quantitative estimate of drug-likeness (QED) is 0.835. The molecule has 0 bridgehead atoms. The van der Waals surface area contributed by atoms with Crippen LogP contribution in [-0.4, -0.2) is 17.4 Å². The zero-order valence-corrected chi connectivity index (χ0v) is 10.7. The molecular formula is C15H18N2O. The lowest BCUT2D eigenvalue weighted by Crippen LogP contribution is -2.22. The third-order valence-corrected chi connectivity index (χ3v) is 3.72. The first-order valence-electron chi connectivity index (χ1n) is 6.72. The van der Waals surface area contributed by atoms with Crippen molar-refractivity contribution < 1.29 is 4.79 Å². The van der Waals surface area contributed by atoms with Gasteiger partial charge in [-0.2, -0.15) is 0 Å². The van der Waals surface area contributed by atoms with E-state index >= 15 is 0 Å². The summed E-state index contributed by atoms with van der Waals surface area (Å²) in [5.74, 6) is 0.0155. The van der Waals surface area contributed by atoms with Crippen molar-refractivity contribution in [1.82, 2.24) is 10.3 Å². The van der Waals surface area contributed by atoms with Gasteiger partial charge in [-0.25, -0.2) is 0 Å². The number of H-pyrrole nitrogens is 1. The number of amides is 1. The van der Waals surface area contributed by atoms with Crippen molar-refractivity contribution in [3.63, 3.8) is 0 Å². The topological polar surface area (TPSA) is 44.9 Å². The lowest BCUT2D eigenvalue weighted by atomic mass is 9.95. The molecule has 94 valence electrons. The van der Waals surface area contributed by atoms with E-state index in [2.05, 4.69) is 16.4 Å². The smallest absolute Gasteiger partial charge is 0.253 e. The number of rotatable bonds is 2. The molecule has 0 atom stereocenters. The highest BCUT2D eigenvalue weighted by Gasteiger charge is 2.18. The van der Waals surface area contributed by atoms with E-state index in [0.29, 0.717) is 6.54 Å². The summed E-state index contributed by atoms with van der Waals surface area (Å²) in [6.07, 6.45) is 4.74. The van der Waals surface area contributed by atoms with E-state index in [9.17, 15) is 4.79 Å². The fourth-order valence-corrected chi connectivity index (χ4v) is 2.87. The SMILES string of the molecule is CCNC(=O)c1cccc2c3c([nH]c12)CCCC3. The van der Waals surface area contributed by atoms with Crippen LogP contribution < -0.4 is 5.32 Å². The predicted octanol–water partition coefficient (Wildman–Crippen LogP) is 2.80. The van der Waals surface area contributed by atoms with Gasteiger partial charge in [-0.3, -0.25) is 4.79 Å². The Morgan fingerprint density at radius 3 is 3.00 bits per heavy atom. The second-order valence-corrected chi connectivity index (χ2v) is 4.88. The highest BCUT2D eigenvalue weighted by molar-refractivity contribution is 6.06. The number of para-hydroxylation sites is 1. The van der Waals surface area contributed by atoms with E-state index < -0.39 is 0 Å². The Bertz CT molecular complexity index is 598. The van der Waals surface area contributed by atoms with Gasteiger partial charge in [-0.15, -0.1) is 0 Å². The minimum absolute atomic E-state index is 0.0155. The van der Waals surface area contributed by atoms with Gasteiger partial charge < -0.3 is 10.3 Å². The van der Waals surface area contributed by atoms with Crippen molar-refractivity contribution >= 4 is 16.8 Å². The van der Waals surface area contributed by atoms with Gasteiger partial charge in [-0.05, 0) is 44.2 Å². The zero-order valence-electron chi connectivity index (χ0n) is 10.7. The fourth-order valence-electron chi connectivity index (χ4n) is 2.87. The maximum Gasteiger partial charge on any atom is 0.253 e. The highest BCUT2D eigenvalue weighted by Crippen LogP contribution is 2.30. The van der Waals surface area contributed by atoms with Gasteiger partial charge in [0.1, 0.15) is 0 Å². The molecule has 1 aromatic carbocycles. The number of carbonyl (C=O) groups excluding carboxylic acids is 1. The number of aromatic amines is 1. The third-order valence-electron chi connectivity index (χ3n) is 3.72. The Kier molecular flexibility index (Phi) is 2.82. The summed E-state index contributed by atoms with van der Waals surface area (Å²) in [5.41, 5.74) is 4.52. The van der Waals surface area contributed by atoms with Gasteiger partial charge in [-0.1, -0.05) is 12.1 Å². The van der Waals surface area contributed by atoms with Crippen LogP contribution in [0, 0.1) is 0 Å². The molecule has 0 saturated heterocycles. The third kappa shape index (κ3) is 1.70. The first kappa shape index (κ1) is 11.3. The molecule has 18 heavy (non-hydrogen) atoms. The van der Waals surface area contributed by atoms with Crippen molar-refractivity contribution in [3.05, 3.63) is 35.0 Å². The van der Waals surface area contributed by atoms with E-state index in [1.165, 1.54) is 29.5 Å². The first-order chi connectivity index (χ1) is 8.81. The van der Waals surface area contributed by atoms with Crippen molar-refractivity contribution in [1.29, 1.82) is 0 Å². The number of hydrogen-bond acceptors (Lipinski definition) is 1. The summed E-state index contributed by atoms with van der Waals surface area (Å²) in [6, 6.07) is 6.00. The lowest BCUT2D eigenvalue weighted by Gasteiger charge is -2.10. The van der Waals surface area contributed by atoms with Gasteiger partial charge in [0.05, 0.1) is 11.1 Å². The van der Waals surface area contributed by atoms with Crippen molar-refractivity contribution in [2.24, 2.45) is 0 Å². The average Bonchev–Trinajstić information content (AvgIpc) is 2.77. The van der Waals surface area contributed by atoms with Crippen LogP contribution >= 0.6 is 0 Å². The van der Waals surface area contributed by atoms with E-state index in [4.69, 9.17) is 0 Å². The molecule has 0 fully saturated rings. The Hall–Kier alpha value is -1.77. The molecule has 0 aliphatic heterocycles. The normalized spacial score (nSPS) is 14.5. The molecule has 0 radical (unpaired) electrons. The van der Waals surface area contributed by atoms with E-state index in [1.54, 1.807) is 0 Å². The van der Waals surface area contributed by atoms with Gasteiger partial charge in [0.2, 0.25) is 0 Å². The van der Waals surface area contributed by atoms with Gasteiger partial charge in [0, 0.05) is 17.6 Å². The van der Waals surface area contributed by atoms with Crippen LogP contribution in [0.2, 0.25) is 0 Å². The molecule has 0 saturated carbocycles. The fraction of sp³-hybridized carbons (Fsp3) is 0.400. The van der Waals surface area contributed by atoms with Crippen LogP contribution in [0.5, 0.6) is 0 Å². The number of aryl methyl sites for hydroxylation is 2. The molecular weight excluding hydrogens is 224 g/mol. The molecule has 1 heterocycles. The second-order valence-electron chi connectivity index (χ2n) is 4.88. The Balaban J connectivity index is 2.16. The molecule has 2 aromatic rings. The molecule has 0 unspecified atom stereocenters. The monoisotopic (exact) mass is 242 g/mol. The number of hydrogen-bond donors (Lipinski definition) is 2. The molecule has 3 rings (SSSR count). The van der Waals surface area contributed by atoms with Crippen LogP contribution in [0.3, 0.4) is 0 Å². The standard InChI is InChI=1S/C15H18N2O/c1-2-16-15(18)12-8-5-7-11-10-6-3-4-9-13(10)17-14(11)12/h5,7-8,17H,2-4,6,9H2,1H3,(H,16,18). The molecule has 2 N–H and O–H groups in total. The minimum Gasteiger partial charge on any atom is -0.358 e. The molecule has 0 spiro atoms. The maximum atomic E-state index is 12.0. The van der Waals surface area contributed by atoms with Gasteiger partial charge in [0.15, 0.2) is 0 Å². The summed E-state index contributed by atoms with van der Waals surface area (Å²) >= 11 is 0. The summed E-state index contributed by atoms with van der Waals surface area (Å²) in [4.78, 5) is 15.5. The van der Waals surface area contributed by atoms with Crippen molar-refractivity contribution in [2.75, 3.05) is 6.54 Å². The number of carbonyl (C=O) groups is 1. The van der Waals surface area contributed by atoms with Crippen LogP contribution in [0.25, 0.3) is 10.9 Å². The van der Waals surface area contributed by atoms with Gasteiger partial charge >= 0.3 is 0 Å². The molecule has 3 heteroatoms. The highest BCUT2D eigenvalue weighted by atomic mass is 16.1. The van der Waals surface area contributed by atoms with Gasteiger partial charge in [0.25, 0.3) is 5.91 Å². The number of nitrogens with one attached hydrogen (secondary N) is 2. The predicted molar refractivity (Wildman–Crippen MR) is 72.9 cm³/mol. The zero-order chi connectivity index (χ0) is 12.5. The largest absolute Gasteiger partial charge is 0.358 e. The summed E-state index contributed by atoms with van der Waals surface area (Å²) in [5, 5.41) is 4.11. The Labute approximate surface area is 107 Å². The number of fused-ring (bicyclic) bond motifs is 3. The molecule has 1 aliphatic rings. The molecule has 3 nitrogen and oxygen atoms in total. The molecule has 1 aliphatic carbocycles. The lowest BCUT2D eigenvalue weighted by molar-refractivity contribution is 0.0957. The average molecular weight is 242 g/mol. The molecule has 1 amide bonds. The first-order valence-corrected chi connectivity index (χ1v) is 6.72. The van der Waals surface area contributed by atoms with Crippen LogP contribution in [-0.2, 0) is 12.8 Å². The van der Waals surface area contributed by atoms with Crippen LogP contribution in [0.15, 0.2) is 18.2 Å². The van der Waals surface area contributed by atoms with Crippen molar-refractivity contribution in [2.45, 2.75) is 32.6 Å². The van der Waals surface area contributed by atoms with Crippen molar-refractivity contribution in [3.8, 4) is 0 Å². The summed E-state index contributed by atoms with van der Waals surface area (Å²) in [7, 11) is 0. The summed E-state index contributed by atoms with van der Waals surface area (Å²) < 4.78 is 0. The Morgan fingerprint density at radius 2 is 2.17 bits per heavy atom.